The Balaban J connectivity index is 1.28. The molecule has 20 heavy (non-hydrogen) atoms. The van der Waals surface area contributed by atoms with Gasteiger partial charge in [0, 0.05) is 36.2 Å². The molecule has 0 radical (unpaired) electrons. The second-order valence-corrected chi connectivity index (χ2v) is 7.04. The molecule has 5 heteroatoms. The van der Waals surface area contributed by atoms with Gasteiger partial charge in [-0.15, -0.1) is 0 Å². The lowest BCUT2D eigenvalue weighted by molar-refractivity contribution is 0.0908. The summed E-state index contributed by atoms with van der Waals surface area (Å²) in [4.78, 5) is 14.9. The van der Waals surface area contributed by atoms with Gasteiger partial charge in [0.2, 0.25) is 0 Å². The highest BCUT2D eigenvalue weighted by Crippen LogP contribution is 2.54. The quantitative estimate of drug-likeness (QED) is 0.851. The van der Waals surface area contributed by atoms with Gasteiger partial charge in [0.1, 0.15) is 5.76 Å². The number of nitrogens with zero attached hydrogens (tertiary/aromatic N) is 2. The highest BCUT2D eigenvalue weighted by molar-refractivity contribution is 5.92. The summed E-state index contributed by atoms with van der Waals surface area (Å²) in [6.45, 7) is 1.25. The van der Waals surface area contributed by atoms with E-state index in [1.807, 2.05) is 6.07 Å². The van der Waals surface area contributed by atoms with Crippen molar-refractivity contribution in [2.45, 2.75) is 62.1 Å². The van der Waals surface area contributed by atoms with Gasteiger partial charge < -0.3 is 9.84 Å². The molecule has 4 atom stereocenters. The summed E-state index contributed by atoms with van der Waals surface area (Å²) in [6.07, 6.45) is 7.17. The van der Waals surface area contributed by atoms with Gasteiger partial charge in [0.25, 0.3) is 5.91 Å². The van der Waals surface area contributed by atoms with Crippen molar-refractivity contribution in [2.75, 3.05) is 6.54 Å². The molecule has 1 N–H and O–H groups in total. The van der Waals surface area contributed by atoms with Gasteiger partial charge in [-0.1, -0.05) is 5.16 Å². The first-order chi connectivity index (χ1) is 9.73. The molecular weight excluding hydrogens is 254 g/mol. The minimum atomic E-state index is -0.0597. The first-order valence-corrected chi connectivity index (χ1v) is 7.78. The zero-order chi connectivity index (χ0) is 13.3. The van der Waals surface area contributed by atoms with E-state index in [-0.39, 0.29) is 5.91 Å². The lowest BCUT2D eigenvalue weighted by atomic mass is 9.96. The molecule has 3 aliphatic heterocycles. The van der Waals surface area contributed by atoms with Gasteiger partial charge in [-0.25, -0.2) is 0 Å². The summed E-state index contributed by atoms with van der Waals surface area (Å²) in [5.41, 5.74) is 0.902. The molecule has 2 bridgehead atoms. The number of hydrogen-bond donors (Lipinski definition) is 1. The number of aromatic nitrogens is 1. The highest BCUT2D eigenvalue weighted by Gasteiger charge is 2.63. The predicted octanol–water partition coefficient (Wildman–Crippen LogP) is 1.66. The SMILES string of the molecule is O=C(N[C@H]1C[C@@H]2CC[C@@]3(C1)CN23)c1cc(C2CC2)on1. The molecule has 3 saturated heterocycles. The minimum absolute atomic E-state index is 0.0597. The molecule has 4 fully saturated rings. The van der Waals surface area contributed by atoms with Crippen molar-refractivity contribution < 1.29 is 9.32 Å². The number of piperidine rings is 2. The maximum Gasteiger partial charge on any atom is 0.273 e. The molecule has 1 aromatic heterocycles. The van der Waals surface area contributed by atoms with Crippen molar-refractivity contribution in [3.05, 3.63) is 17.5 Å². The molecule has 5 nitrogen and oxygen atoms in total. The summed E-state index contributed by atoms with van der Waals surface area (Å²) < 4.78 is 5.26. The molecule has 1 unspecified atom stereocenters. The van der Waals surface area contributed by atoms with Crippen LogP contribution < -0.4 is 5.32 Å². The Morgan fingerprint density at radius 1 is 1.45 bits per heavy atom. The standard InChI is InChI=1S/C15H19N3O2/c19-14(12-6-13(20-17-12)9-1-2-9)16-10-5-11-3-4-15(7-10)8-18(11)15/h6,9-11H,1-5,7-8H2,(H,16,19)/t10-,11-,15+,18?/m0/s1. The summed E-state index contributed by atoms with van der Waals surface area (Å²) in [5.74, 6) is 1.33. The fraction of sp³-hybridized carbons (Fsp3) is 0.733. The Bertz CT molecular complexity index is 579. The van der Waals surface area contributed by atoms with E-state index >= 15 is 0 Å². The number of carbonyl (C=O) groups excluding carboxylic acids is 1. The first kappa shape index (κ1) is 11.3. The van der Waals surface area contributed by atoms with Crippen LogP contribution >= 0.6 is 0 Å². The van der Waals surface area contributed by atoms with E-state index in [0.29, 0.717) is 29.2 Å². The molecule has 1 saturated carbocycles. The molecule has 1 aliphatic carbocycles. The molecular formula is C15H19N3O2. The molecule has 5 rings (SSSR count). The minimum Gasteiger partial charge on any atom is -0.360 e. The van der Waals surface area contributed by atoms with E-state index in [4.69, 9.17) is 4.52 Å². The molecule has 0 aromatic carbocycles. The number of amides is 1. The fourth-order valence-corrected chi connectivity index (χ4v) is 4.34. The third kappa shape index (κ3) is 1.59. The largest absolute Gasteiger partial charge is 0.360 e. The zero-order valence-corrected chi connectivity index (χ0v) is 11.5. The van der Waals surface area contributed by atoms with Gasteiger partial charge in [0.15, 0.2) is 5.69 Å². The van der Waals surface area contributed by atoms with Crippen LogP contribution in [0.5, 0.6) is 0 Å². The van der Waals surface area contributed by atoms with E-state index in [1.54, 1.807) is 0 Å². The van der Waals surface area contributed by atoms with E-state index in [0.717, 1.165) is 18.6 Å². The second kappa shape index (κ2) is 3.64. The maximum absolute atomic E-state index is 12.3. The number of rotatable bonds is 3. The van der Waals surface area contributed by atoms with Crippen LogP contribution in [0.4, 0.5) is 0 Å². The van der Waals surface area contributed by atoms with E-state index in [9.17, 15) is 4.79 Å². The molecule has 1 amide bonds. The van der Waals surface area contributed by atoms with Crippen LogP contribution in [-0.4, -0.2) is 40.1 Å². The van der Waals surface area contributed by atoms with Crippen molar-refractivity contribution in [1.82, 2.24) is 15.4 Å². The van der Waals surface area contributed by atoms with Crippen LogP contribution in [0.3, 0.4) is 0 Å². The van der Waals surface area contributed by atoms with E-state index in [1.165, 1.54) is 32.2 Å². The van der Waals surface area contributed by atoms with Crippen molar-refractivity contribution in [3.63, 3.8) is 0 Å². The Hall–Kier alpha value is -1.36. The Morgan fingerprint density at radius 3 is 3.10 bits per heavy atom. The second-order valence-electron chi connectivity index (χ2n) is 7.04. The Kier molecular flexibility index (Phi) is 2.06. The van der Waals surface area contributed by atoms with Gasteiger partial charge in [0.05, 0.1) is 0 Å². The summed E-state index contributed by atoms with van der Waals surface area (Å²) in [7, 11) is 0. The fourth-order valence-electron chi connectivity index (χ4n) is 4.34. The first-order valence-electron chi connectivity index (χ1n) is 7.78. The van der Waals surface area contributed by atoms with Crippen LogP contribution in [0.25, 0.3) is 0 Å². The van der Waals surface area contributed by atoms with Crippen LogP contribution in [0, 0.1) is 0 Å². The molecule has 1 aromatic rings. The summed E-state index contributed by atoms with van der Waals surface area (Å²) >= 11 is 0. The van der Waals surface area contributed by atoms with Crippen molar-refractivity contribution in [3.8, 4) is 0 Å². The molecule has 0 spiro atoms. The van der Waals surface area contributed by atoms with E-state index < -0.39 is 0 Å². The van der Waals surface area contributed by atoms with Gasteiger partial charge in [-0.2, -0.15) is 0 Å². The smallest absolute Gasteiger partial charge is 0.273 e. The third-order valence-corrected chi connectivity index (χ3v) is 5.61. The molecule has 4 heterocycles. The van der Waals surface area contributed by atoms with Gasteiger partial charge in [-0.05, 0) is 38.5 Å². The number of hydrogen-bond acceptors (Lipinski definition) is 4. The van der Waals surface area contributed by atoms with Crippen LogP contribution in [0.2, 0.25) is 0 Å². The number of nitrogens with one attached hydrogen (secondary N) is 1. The lowest BCUT2D eigenvalue weighted by Crippen LogP contribution is -2.43. The topological polar surface area (TPSA) is 58.1 Å². The predicted molar refractivity (Wildman–Crippen MR) is 71.4 cm³/mol. The Morgan fingerprint density at radius 2 is 2.35 bits per heavy atom. The normalized spacial score (nSPS) is 41.3. The Labute approximate surface area is 117 Å². The van der Waals surface area contributed by atoms with Crippen molar-refractivity contribution in [1.29, 1.82) is 0 Å². The van der Waals surface area contributed by atoms with Gasteiger partial charge >= 0.3 is 0 Å². The monoisotopic (exact) mass is 273 g/mol. The summed E-state index contributed by atoms with van der Waals surface area (Å²) in [6, 6.07) is 2.84. The highest BCUT2D eigenvalue weighted by atomic mass is 16.5. The average Bonchev–Trinajstić information content (AvgIpc) is 3.34. The average molecular weight is 273 g/mol. The van der Waals surface area contributed by atoms with Crippen molar-refractivity contribution >= 4 is 5.91 Å². The van der Waals surface area contributed by atoms with Crippen molar-refractivity contribution in [2.24, 2.45) is 0 Å². The van der Waals surface area contributed by atoms with Crippen LogP contribution in [0.1, 0.15) is 60.7 Å². The van der Waals surface area contributed by atoms with E-state index in [2.05, 4.69) is 15.4 Å². The maximum atomic E-state index is 12.3. The lowest BCUT2D eigenvalue weighted by Gasteiger charge is -2.28. The zero-order valence-electron chi connectivity index (χ0n) is 11.5. The van der Waals surface area contributed by atoms with Crippen LogP contribution in [-0.2, 0) is 0 Å². The third-order valence-electron chi connectivity index (χ3n) is 5.61. The van der Waals surface area contributed by atoms with Gasteiger partial charge in [-0.3, -0.25) is 9.69 Å². The summed E-state index contributed by atoms with van der Waals surface area (Å²) in [5, 5.41) is 7.10. The number of carbonyl (C=O) groups is 1. The molecule has 106 valence electrons. The van der Waals surface area contributed by atoms with Crippen LogP contribution in [0.15, 0.2) is 10.6 Å². The molecule has 4 aliphatic rings.